The van der Waals surface area contributed by atoms with Crippen LogP contribution in [0.1, 0.15) is 24.1 Å². The van der Waals surface area contributed by atoms with Crippen LogP contribution >= 0.6 is 0 Å². The van der Waals surface area contributed by atoms with Crippen molar-refractivity contribution in [3.05, 3.63) is 29.6 Å². The molecule has 1 amide bonds. The monoisotopic (exact) mass is 263 g/mol. The van der Waals surface area contributed by atoms with Crippen LogP contribution in [0.4, 0.5) is 0 Å². The van der Waals surface area contributed by atoms with E-state index >= 15 is 0 Å². The number of aliphatic carboxylic acids is 1. The second-order valence-electron chi connectivity index (χ2n) is 4.66. The van der Waals surface area contributed by atoms with E-state index in [0.717, 1.165) is 12.1 Å². The fraction of sp³-hybridized carbons (Fsp3) is 0.462. The Morgan fingerprint density at radius 3 is 3.05 bits per heavy atom. The Bertz CT molecular complexity index is 490. The number of pyridine rings is 1. The highest BCUT2D eigenvalue weighted by Crippen LogP contribution is 2.17. The van der Waals surface area contributed by atoms with Gasteiger partial charge >= 0.3 is 5.97 Å². The van der Waals surface area contributed by atoms with E-state index in [1.807, 2.05) is 12.1 Å². The van der Waals surface area contributed by atoms with E-state index in [1.165, 1.54) is 5.56 Å². The maximum Gasteiger partial charge on any atom is 0.320 e. The van der Waals surface area contributed by atoms with Crippen molar-refractivity contribution in [3.63, 3.8) is 0 Å². The Labute approximate surface area is 111 Å². The molecule has 6 heteroatoms. The number of hydrogen-bond donors (Lipinski definition) is 2. The summed E-state index contributed by atoms with van der Waals surface area (Å²) in [6.07, 6.45) is 2.84. The molecule has 2 heterocycles. The van der Waals surface area contributed by atoms with Crippen LogP contribution in [0.5, 0.6) is 0 Å². The molecule has 3 N–H and O–H groups in total. The van der Waals surface area contributed by atoms with Crippen molar-refractivity contribution in [2.24, 2.45) is 5.73 Å². The average Bonchev–Trinajstić information content (AvgIpc) is 2.43. The first-order valence-corrected chi connectivity index (χ1v) is 6.27. The van der Waals surface area contributed by atoms with Gasteiger partial charge in [-0.05, 0) is 24.5 Å². The van der Waals surface area contributed by atoms with Crippen molar-refractivity contribution in [2.75, 3.05) is 6.54 Å². The summed E-state index contributed by atoms with van der Waals surface area (Å²) in [7, 11) is 0. The molecule has 0 radical (unpaired) electrons. The van der Waals surface area contributed by atoms with Gasteiger partial charge in [0.1, 0.15) is 6.04 Å². The lowest BCUT2D eigenvalue weighted by Crippen LogP contribution is -2.38. The van der Waals surface area contributed by atoms with Crippen molar-refractivity contribution in [3.8, 4) is 0 Å². The lowest BCUT2D eigenvalue weighted by atomic mass is 10.0. The Hall–Kier alpha value is -1.95. The topological polar surface area (TPSA) is 96.5 Å². The largest absolute Gasteiger partial charge is 0.480 e. The molecule has 1 aromatic heterocycles. The summed E-state index contributed by atoms with van der Waals surface area (Å²) in [5.74, 6) is -1.13. The Morgan fingerprint density at radius 2 is 2.32 bits per heavy atom. The zero-order valence-corrected chi connectivity index (χ0v) is 10.6. The van der Waals surface area contributed by atoms with Crippen LogP contribution in [0, 0.1) is 0 Å². The number of carbonyl (C=O) groups is 2. The van der Waals surface area contributed by atoms with Gasteiger partial charge in [-0.15, -0.1) is 0 Å². The zero-order chi connectivity index (χ0) is 13.8. The third kappa shape index (κ3) is 3.29. The van der Waals surface area contributed by atoms with E-state index in [1.54, 1.807) is 11.1 Å². The maximum atomic E-state index is 12.0. The molecule has 1 unspecified atom stereocenters. The zero-order valence-electron chi connectivity index (χ0n) is 10.6. The van der Waals surface area contributed by atoms with Crippen LogP contribution < -0.4 is 5.73 Å². The van der Waals surface area contributed by atoms with E-state index in [9.17, 15) is 9.59 Å². The van der Waals surface area contributed by atoms with Crippen molar-refractivity contribution in [1.82, 2.24) is 9.88 Å². The van der Waals surface area contributed by atoms with Gasteiger partial charge in [0, 0.05) is 19.2 Å². The SMILES string of the molecule is NC(CCC(=O)N1CCc2cccnc2C1)C(=O)O. The van der Waals surface area contributed by atoms with E-state index in [-0.39, 0.29) is 18.7 Å². The Balaban J connectivity index is 1.90. The number of carbonyl (C=O) groups excluding carboxylic acids is 1. The standard InChI is InChI=1S/C13H17N3O3/c14-10(13(18)19)3-4-12(17)16-7-5-9-2-1-6-15-11(9)8-16/h1-2,6,10H,3-5,7-8,14H2,(H,18,19). The first-order valence-electron chi connectivity index (χ1n) is 6.27. The van der Waals surface area contributed by atoms with Crippen LogP contribution in [0.15, 0.2) is 18.3 Å². The van der Waals surface area contributed by atoms with Gasteiger partial charge in [0.05, 0.1) is 12.2 Å². The summed E-state index contributed by atoms with van der Waals surface area (Å²) in [6.45, 7) is 1.15. The Morgan fingerprint density at radius 1 is 1.53 bits per heavy atom. The van der Waals surface area contributed by atoms with Crippen LogP contribution in [-0.2, 0) is 22.6 Å². The summed E-state index contributed by atoms with van der Waals surface area (Å²) in [4.78, 5) is 28.6. The van der Waals surface area contributed by atoms with Crippen molar-refractivity contribution in [1.29, 1.82) is 0 Å². The molecule has 0 bridgehead atoms. The second kappa shape index (κ2) is 5.79. The van der Waals surface area contributed by atoms with Crippen molar-refractivity contribution >= 4 is 11.9 Å². The van der Waals surface area contributed by atoms with Gasteiger partial charge in [-0.25, -0.2) is 0 Å². The molecule has 1 aromatic rings. The van der Waals surface area contributed by atoms with Crippen molar-refractivity contribution < 1.29 is 14.7 Å². The molecule has 0 saturated carbocycles. The molecule has 102 valence electrons. The fourth-order valence-electron chi connectivity index (χ4n) is 2.13. The van der Waals surface area contributed by atoms with Gasteiger partial charge in [0.2, 0.25) is 5.91 Å². The van der Waals surface area contributed by atoms with Crippen LogP contribution in [-0.4, -0.2) is 39.5 Å². The highest BCUT2D eigenvalue weighted by atomic mass is 16.4. The van der Waals surface area contributed by atoms with Crippen LogP contribution in [0.2, 0.25) is 0 Å². The molecule has 0 aliphatic carbocycles. The highest BCUT2D eigenvalue weighted by molar-refractivity contribution is 5.78. The molecular weight excluding hydrogens is 246 g/mol. The number of hydrogen-bond acceptors (Lipinski definition) is 4. The van der Waals surface area contributed by atoms with E-state index in [4.69, 9.17) is 10.8 Å². The fourth-order valence-corrected chi connectivity index (χ4v) is 2.13. The normalized spacial score (nSPS) is 15.7. The summed E-state index contributed by atoms with van der Waals surface area (Å²) in [5.41, 5.74) is 7.48. The van der Waals surface area contributed by atoms with E-state index in [0.29, 0.717) is 13.1 Å². The van der Waals surface area contributed by atoms with Gasteiger partial charge in [-0.2, -0.15) is 0 Å². The molecule has 0 saturated heterocycles. The maximum absolute atomic E-state index is 12.0. The van der Waals surface area contributed by atoms with Gasteiger partial charge in [-0.1, -0.05) is 6.07 Å². The number of nitrogens with zero attached hydrogens (tertiary/aromatic N) is 2. The molecule has 1 aliphatic heterocycles. The molecule has 2 rings (SSSR count). The van der Waals surface area contributed by atoms with Crippen LogP contribution in [0.3, 0.4) is 0 Å². The predicted octanol–water partition coefficient (Wildman–Crippen LogP) is 0.158. The van der Waals surface area contributed by atoms with Crippen molar-refractivity contribution in [2.45, 2.75) is 31.8 Å². The smallest absolute Gasteiger partial charge is 0.320 e. The minimum Gasteiger partial charge on any atom is -0.480 e. The first-order chi connectivity index (χ1) is 9.08. The number of amides is 1. The lowest BCUT2D eigenvalue weighted by molar-refractivity contribution is -0.139. The van der Waals surface area contributed by atoms with Gasteiger partial charge in [0.15, 0.2) is 0 Å². The third-order valence-electron chi connectivity index (χ3n) is 3.32. The molecule has 0 aromatic carbocycles. The van der Waals surface area contributed by atoms with Gasteiger partial charge < -0.3 is 15.7 Å². The molecule has 19 heavy (non-hydrogen) atoms. The van der Waals surface area contributed by atoms with Crippen LogP contribution in [0.25, 0.3) is 0 Å². The van der Waals surface area contributed by atoms with E-state index < -0.39 is 12.0 Å². The Kier molecular flexibility index (Phi) is 4.11. The van der Waals surface area contributed by atoms with E-state index in [2.05, 4.69) is 4.98 Å². The molecular formula is C13H17N3O3. The molecule has 0 spiro atoms. The summed E-state index contributed by atoms with van der Waals surface area (Å²) in [6, 6.07) is 2.94. The predicted molar refractivity (Wildman–Crippen MR) is 68.2 cm³/mol. The number of carboxylic acids is 1. The molecule has 1 aliphatic rings. The molecule has 6 nitrogen and oxygen atoms in total. The van der Waals surface area contributed by atoms with Gasteiger partial charge in [-0.3, -0.25) is 14.6 Å². The minimum absolute atomic E-state index is 0.0620. The average molecular weight is 263 g/mol. The third-order valence-corrected chi connectivity index (χ3v) is 3.32. The molecule has 1 atom stereocenters. The van der Waals surface area contributed by atoms with Gasteiger partial charge in [0.25, 0.3) is 0 Å². The summed E-state index contributed by atoms with van der Waals surface area (Å²) in [5, 5.41) is 8.68. The summed E-state index contributed by atoms with van der Waals surface area (Å²) < 4.78 is 0. The summed E-state index contributed by atoms with van der Waals surface area (Å²) >= 11 is 0. The highest BCUT2D eigenvalue weighted by Gasteiger charge is 2.22. The number of fused-ring (bicyclic) bond motifs is 1. The number of nitrogens with two attached hydrogens (primary N) is 1. The lowest BCUT2D eigenvalue weighted by Gasteiger charge is -2.28. The molecule has 0 fully saturated rings. The second-order valence-corrected chi connectivity index (χ2v) is 4.66. The number of aromatic nitrogens is 1. The number of carboxylic acid groups (broad SMARTS) is 1. The quantitative estimate of drug-likeness (QED) is 0.806. The number of rotatable bonds is 4. The minimum atomic E-state index is -1.07. The first kappa shape index (κ1) is 13.5.